The van der Waals surface area contributed by atoms with Crippen molar-refractivity contribution in [2.45, 2.75) is 51.0 Å². The minimum absolute atomic E-state index is 0.0621. The second kappa shape index (κ2) is 6.62. The summed E-state index contributed by atoms with van der Waals surface area (Å²) >= 11 is 0. The molecule has 1 aliphatic heterocycles. The van der Waals surface area contributed by atoms with Gasteiger partial charge in [-0.25, -0.2) is 4.79 Å². The number of aryl methyl sites for hydroxylation is 3. The first kappa shape index (κ1) is 20.3. The molecule has 0 saturated carbocycles. The molecule has 1 aliphatic rings. The molecule has 0 radical (unpaired) electrons. The maximum atomic E-state index is 11.9. The van der Waals surface area contributed by atoms with Gasteiger partial charge >= 0.3 is 13.5 Å². The van der Waals surface area contributed by atoms with Gasteiger partial charge in [0.25, 0.3) is 0 Å². The average molecular weight is 377 g/mol. The summed E-state index contributed by atoms with van der Waals surface area (Å²) in [5, 5.41) is 41.1. The highest BCUT2D eigenvalue weighted by Gasteiger charge is 2.62. The molecule has 9 nitrogen and oxygen atoms in total. The fraction of sp³-hybridized carbons (Fsp3) is 0.533. The summed E-state index contributed by atoms with van der Waals surface area (Å²) in [6.45, 7) is 5.02. The van der Waals surface area contributed by atoms with Crippen LogP contribution in [0.3, 0.4) is 0 Å². The topological polar surface area (TPSA) is 168 Å². The third kappa shape index (κ3) is 3.48. The molecule has 5 atom stereocenters. The van der Waals surface area contributed by atoms with Crippen LogP contribution >= 0.6 is 7.94 Å². The monoisotopic (exact) mass is 377 g/mol. The van der Waals surface area contributed by atoms with E-state index in [0.717, 1.165) is 5.56 Å². The number of ether oxygens (including phenoxy) is 1. The van der Waals surface area contributed by atoms with E-state index in [1.807, 2.05) is 0 Å². The van der Waals surface area contributed by atoms with E-state index in [1.54, 1.807) is 32.9 Å². The molecule has 10 heteroatoms. The maximum absolute atomic E-state index is 11.9. The first-order valence-corrected chi connectivity index (χ1v) is 9.10. The zero-order valence-electron chi connectivity index (χ0n) is 13.9. The Hall–Kier alpha value is -1.00. The average Bonchev–Trinajstić information content (AvgIpc) is 2.46. The number of carbonyl (C=O) groups excluding carboxylic acids is 1. The molecule has 140 valence electrons. The summed E-state index contributed by atoms with van der Waals surface area (Å²) in [4.78, 5) is 39.4. The van der Waals surface area contributed by atoms with Crippen LogP contribution in [-0.2, 0) is 15.3 Å². The Balaban J connectivity index is 2.58. The normalized spacial score (nSPS) is 33.4. The lowest BCUT2D eigenvalue weighted by Crippen LogP contribution is -2.64. The molecule has 0 amide bonds. The van der Waals surface area contributed by atoms with Gasteiger partial charge in [0, 0.05) is 5.56 Å². The number of hydrogen-bond acceptors (Lipinski definition) is 9. The Bertz CT molecular complexity index is 663. The van der Waals surface area contributed by atoms with Crippen molar-refractivity contribution in [2.24, 2.45) is 0 Å². The van der Waals surface area contributed by atoms with E-state index in [-0.39, 0.29) is 5.56 Å². The lowest BCUT2D eigenvalue weighted by atomic mass is 9.84. The van der Waals surface area contributed by atoms with E-state index in [9.17, 15) is 25.2 Å². The Morgan fingerprint density at radius 3 is 1.96 bits per heavy atom. The minimum Gasteiger partial charge on any atom is -0.387 e. The summed E-state index contributed by atoms with van der Waals surface area (Å²) in [5.41, 5.74) is 0.185. The molecule has 0 aliphatic carbocycles. The molecular formula is C15H22O9P+. The summed E-state index contributed by atoms with van der Waals surface area (Å²) in [5.74, 6) is -2.62. The molecule has 1 fully saturated rings. The fourth-order valence-electron chi connectivity index (χ4n) is 3.25. The quantitative estimate of drug-likeness (QED) is 0.310. The van der Waals surface area contributed by atoms with Gasteiger partial charge in [0.1, 0.15) is 18.3 Å². The van der Waals surface area contributed by atoms with Gasteiger partial charge in [0.2, 0.25) is 5.79 Å². The van der Waals surface area contributed by atoms with E-state index in [1.165, 1.54) is 0 Å². The Morgan fingerprint density at radius 1 is 1.04 bits per heavy atom. The van der Waals surface area contributed by atoms with Crippen LogP contribution in [0.2, 0.25) is 0 Å². The van der Waals surface area contributed by atoms with Crippen molar-refractivity contribution < 1.29 is 44.6 Å². The second-order valence-electron chi connectivity index (χ2n) is 6.34. The Labute approximate surface area is 144 Å². The molecule has 7 N–H and O–H groups in total. The van der Waals surface area contributed by atoms with Gasteiger partial charge in [-0.2, -0.15) is 14.7 Å². The molecule has 1 heterocycles. The number of rotatable bonds is 3. The van der Waals surface area contributed by atoms with E-state index in [4.69, 9.17) is 19.4 Å². The molecule has 1 aromatic rings. The molecule has 2 rings (SSSR count). The van der Waals surface area contributed by atoms with E-state index in [2.05, 4.69) is 0 Å². The van der Waals surface area contributed by atoms with Crippen LogP contribution in [-0.4, -0.2) is 65.0 Å². The van der Waals surface area contributed by atoms with Crippen LogP contribution in [0.4, 0.5) is 0 Å². The van der Waals surface area contributed by atoms with Gasteiger partial charge in [0.15, 0.2) is 6.10 Å². The highest BCUT2D eigenvalue weighted by atomic mass is 31.2. The highest BCUT2D eigenvalue weighted by molar-refractivity contribution is 7.76. The van der Waals surface area contributed by atoms with Crippen molar-refractivity contribution in [3.05, 3.63) is 34.4 Å². The fourth-order valence-corrected chi connectivity index (χ4v) is 3.80. The molecule has 0 spiro atoms. The van der Waals surface area contributed by atoms with Crippen molar-refractivity contribution in [1.29, 1.82) is 0 Å². The second-order valence-corrected chi connectivity index (χ2v) is 7.92. The van der Waals surface area contributed by atoms with Gasteiger partial charge < -0.3 is 25.2 Å². The lowest BCUT2D eigenvalue weighted by molar-refractivity contribution is -0.346. The summed E-state index contributed by atoms with van der Waals surface area (Å²) in [6.07, 6.45) is -8.31. The van der Waals surface area contributed by atoms with Crippen molar-refractivity contribution >= 4 is 13.5 Å². The summed E-state index contributed by atoms with van der Waals surface area (Å²) in [7, 11) is -5.07. The Kier molecular flexibility index (Phi) is 5.38. The molecule has 1 aromatic carbocycles. The van der Waals surface area contributed by atoms with Gasteiger partial charge in [-0.1, -0.05) is 17.7 Å². The predicted octanol–water partition coefficient (Wildman–Crippen LogP) is -1.50. The zero-order valence-corrected chi connectivity index (χ0v) is 14.8. The standard InChI is InChI=1S/C15H22O9P/c1-6-4-7(2)9(8(3)5-6)15(20)13(18)11(17)10(16)12(24-15)14(19)25(21,22)23/h4-5,10-13,16-18,20-23H,1-3H3/q+1/t10-,11-,12-,13-,15?/m0/s1. The van der Waals surface area contributed by atoms with Crippen LogP contribution in [0.5, 0.6) is 0 Å². The highest BCUT2D eigenvalue weighted by Crippen LogP contribution is 2.50. The lowest BCUT2D eigenvalue weighted by Gasteiger charge is -2.45. The molecule has 25 heavy (non-hydrogen) atoms. The third-order valence-corrected chi connectivity index (χ3v) is 5.11. The first-order valence-electron chi connectivity index (χ1n) is 7.45. The molecule has 0 aromatic heterocycles. The molecule has 1 saturated heterocycles. The third-order valence-electron chi connectivity index (χ3n) is 4.27. The number of aliphatic hydroxyl groups excluding tert-OH is 3. The van der Waals surface area contributed by atoms with E-state index in [0.29, 0.717) is 11.1 Å². The number of hydrogen-bond donors (Lipinski definition) is 7. The SMILES string of the molecule is Cc1cc(C)c(C2(O)O[C@H](C(=O)[P+](O)(O)O)[C@@H](O)[C@H](O)[C@@H]2O)c(C)c1. The largest absolute Gasteiger partial charge is 0.481 e. The van der Waals surface area contributed by atoms with Gasteiger partial charge in [-0.05, 0) is 31.9 Å². The van der Waals surface area contributed by atoms with Crippen LogP contribution in [0.15, 0.2) is 12.1 Å². The van der Waals surface area contributed by atoms with E-state index >= 15 is 0 Å². The minimum atomic E-state index is -5.07. The van der Waals surface area contributed by atoms with Crippen LogP contribution in [0.1, 0.15) is 22.3 Å². The molecule has 1 unspecified atom stereocenters. The Morgan fingerprint density at radius 2 is 1.52 bits per heavy atom. The smallest absolute Gasteiger partial charge is 0.387 e. The van der Waals surface area contributed by atoms with Crippen LogP contribution in [0, 0.1) is 20.8 Å². The first-order chi connectivity index (χ1) is 11.3. The molecular weight excluding hydrogens is 355 g/mol. The van der Waals surface area contributed by atoms with Gasteiger partial charge in [-0.15, -0.1) is 0 Å². The molecule has 0 bridgehead atoms. The number of carbonyl (C=O) groups is 1. The zero-order chi connectivity index (χ0) is 19.3. The summed E-state index contributed by atoms with van der Waals surface area (Å²) in [6, 6.07) is 3.35. The van der Waals surface area contributed by atoms with Crippen LogP contribution in [0.25, 0.3) is 0 Å². The number of benzene rings is 1. The number of aliphatic hydroxyl groups is 4. The summed E-state index contributed by atoms with van der Waals surface area (Å²) < 4.78 is 5.14. The van der Waals surface area contributed by atoms with Gasteiger partial charge in [0.05, 0.1) is 0 Å². The van der Waals surface area contributed by atoms with Crippen molar-refractivity contribution in [3.8, 4) is 0 Å². The van der Waals surface area contributed by atoms with Crippen molar-refractivity contribution in [3.63, 3.8) is 0 Å². The predicted molar refractivity (Wildman–Crippen MR) is 86.0 cm³/mol. The van der Waals surface area contributed by atoms with Crippen molar-refractivity contribution in [1.82, 2.24) is 0 Å². The van der Waals surface area contributed by atoms with Crippen LogP contribution < -0.4 is 0 Å². The maximum Gasteiger partial charge on any atom is 0.481 e. The van der Waals surface area contributed by atoms with Gasteiger partial charge in [-0.3, -0.25) is 0 Å². The van der Waals surface area contributed by atoms with E-state index < -0.39 is 43.7 Å². The van der Waals surface area contributed by atoms with Crippen molar-refractivity contribution in [2.75, 3.05) is 0 Å².